The van der Waals surface area contributed by atoms with E-state index in [1.54, 1.807) is 5.38 Å². The quantitative estimate of drug-likeness (QED) is 0.620. The van der Waals surface area contributed by atoms with Crippen LogP contribution in [0.2, 0.25) is 0 Å². The first-order chi connectivity index (χ1) is 15.3. The first-order valence-electron chi connectivity index (χ1n) is 9.88. The molecule has 3 rings (SSSR count). The first-order valence-corrected chi connectivity index (χ1v) is 12.2. The van der Waals surface area contributed by atoms with E-state index in [4.69, 9.17) is 9.47 Å². The maximum Gasteiger partial charge on any atom is 0.414 e. The van der Waals surface area contributed by atoms with Gasteiger partial charge in [0.25, 0.3) is 11.8 Å². The summed E-state index contributed by atoms with van der Waals surface area (Å²) in [6, 6.07) is 7.01. The van der Waals surface area contributed by atoms with Gasteiger partial charge in [-0.15, -0.1) is 11.3 Å². The Morgan fingerprint density at radius 1 is 1.09 bits per heavy atom. The number of benzene rings is 1. The zero-order chi connectivity index (χ0) is 23.1. The van der Waals surface area contributed by atoms with Crippen LogP contribution in [0.3, 0.4) is 0 Å². The van der Waals surface area contributed by atoms with E-state index in [2.05, 4.69) is 10.6 Å². The molecule has 12 heteroatoms. The minimum Gasteiger partial charge on any atom is -0.449 e. The largest absolute Gasteiger partial charge is 0.449 e. The molecular formula is C20H23N3O7S2. The number of amides is 3. The molecule has 2 N–H and O–H groups in total. The molecule has 0 radical (unpaired) electrons. The molecule has 0 atom stereocenters. The highest BCUT2D eigenvalue weighted by molar-refractivity contribution is 7.89. The Balaban J connectivity index is 1.66. The van der Waals surface area contributed by atoms with Crippen LogP contribution in [0.1, 0.15) is 34.1 Å². The SMILES string of the molecule is CCCOC(=O)NC(=O)c1ccsc1NC(=O)c1ccc(S(=O)(=O)N2CCOCC2)cc1. The lowest BCUT2D eigenvalue weighted by Crippen LogP contribution is -2.40. The van der Waals surface area contributed by atoms with Crippen molar-refractivity contribution in [2.24, 2.45) is 0 Å². The molecular weight excluding hydrogens is 458 g/mol. The number of hydrogen-bond donors (Lipinski definition) is 2. The fourth-order valence-electron chi connectivity index (χ4n) is 2.87. The Morgan fingerprint density at radius 2 is 1.78 bits per heavy atom. The van der Waals surface area contributed by atoms with Gasteiger partial charge >= 0.3 is 6.09 Å². The van der Waals surface area contributed by atoms with Crippen LogP contribution in [0.15, 0.2) is 40.6 Å². The zero-order valence-corrected chi connectivity index (χ0v) is 19.0. The summed E-state index contributed by atoms with van der Waals surface area (Å²) in [5.41, 5.74) is 0.330. The number of thiophene rings is 1. The minimum atomic E-state index is -3.66. The van der Waals surface area contributed by atoms with Gasteiger partial charge in [-0.05, 0) is 42.1 Å². The summed E-state index contributed by atoms with van der Waals surface area (Å²) >= 11 is 1.11. The Morgan fingerprint density at radius 3 is 2.44 bits per heavy atom. The molecule has 0 unspecified atom stereocenters. The minimum absolute atomic E-state index is 0.0812. The molecule has 10 nitrogen and oxygen atoms in total. The third kappa shape index (κ3) is 5.71. The van der Waals surface area contributed by atoms with E-state index in [0.29, 0.717) is 19.6 Å². The van der Waals surface area contributed by atoms with Gasteiger partial charge in [0.05, 0.1) is 30.3 Å². The monoisotopic (exact) mass is 481 g/mol. The predicted molar refractivity (Wildman–Crippen MR) is 117 cm³/mol. The molecule has 1 aliphatic rings. The molecule has 3 amide bonds. The van der Waals surface area contributed by atoms with Gasteiger partial charge < -0.3 is 14.8 Å². The second-order valence-corrected chi connectivity index (χ2v) is 9.60. The van der Waals surface area contributed by atoms with E-state index < -0.39 is 27.9 Å². The van der Waals surface area contributed by atoms with E-state index in [1.165, 1.54) is 34.6 Å². The number of carbonyl (C=O) groups is 3. The summed E-state index contributed by atoms with van der Waals surface area (Å²) < 4.78 is 36.7. The van der Waals surface area contributed by atoms with Crippen molar-refractivity contribution in [1.29, 1.82) is 0 Å². The van der Waals surface area contributed by atoms with Crippen molar-refractivity contribution in [3.05, 3.63) is 46.8 Å². The molecule has 32 heavy (non-hydrogen) atoms. The van der Waals surface area contributed by atoms with Gasteiger partial charge in [-0.3, -0.25) is 14.9 Å². The van der Waals surface area contributed by atoms with Crippen LogP contribution in [0, 0.1) is 0 Å². The van der Waals surface area contributed by atoms with E-state index >= 15 is 0 Å². The molecule has 1 aromatic heterocycles. The third-order valence-corrected chi connectivity index (χ3v) is 7.26. The summed E-state index contributed by atoms with van der Waals surface area (Å²) in [6.07, 6.45) is -0.245. The third-order valence-electron chi connectivity index (χ3n) is 4.51. The number of hydrogen-bond acceptors (Lipinski definition) is 8. The lowest BCUT2D eigenvalue weighted by molar-refractivity contribution is 0.0730. The van der Waals surface area contributed by atoms with Gasteiger partial charge in [0, 0.05) is 18.7 Å². The molecule has 1 fully saturated rings. The van der Waals surface area contributed by atoms with Crippen LogP contribution in [0.25, 0.3) is 0 Å². The van der Waals surface area contributed by atoms with Crippen LogP contribution < -0.4 is 10.6 Å². The number of imide groups is 1. The number of rotatable bonds is 7. The van der Waals surface area contributed by atoms with Crippen LogP contribution in [0.5, 0.6) is 0 Å². The fourth-order valence-corrected chi connectivity index (χ4v) is 5.05. The molecule has 172 valence electrons. The number of nitrogens with one attached hydrogen (secondary N) is 2. The number of anilines is 1. The second kappa shape index (κ2) is 10.7. The van der Waals surface area contributed by atoms with Crippen molar-refractivity contribution in [2.75, 3.05) is 38.2 Å². The molecule has 0 spiro atoms. The van der Waals surface area contributed by atoms with Crippen LogP contribution in [-0.2, 0) is 19.5 Å². The molecule has 0 aliphatic carbocycles. The topological polar surface area (TPSA) is 131 Å². The van der Waals surface area contributed by atoms with Crippen molar-refractivity contribution in [3.8, 4) is 0 Å². The summed E-state index contributed by atoms with van der Waals surface area (Å²) in [5.74, 6) is -1.22. The number of sulfonamides is 1. The van der Waals surface area contributed by atoms with Crippen LogP contribution in [-0.4, -0.2) is 63.5 Å². The standard InChI is InChI=1S/C20H23N3O7S2/c1-2-10-30-20(26)22-18(25)16-7-13-31-19(16)21-17(24)14-3-5-15(6-4-14)32(27,28)23-8-11-29-12-9-23/h3-7,13H,2,8-12H2,1H3,(H,21,24)(H,22,25,26). The van der Waals surface area contributed by atoms with Gasteiger partial charge in [0.1, 0.15) is 5.00 Å². The normalized spacial score (nSPS) is 14.5. The molecule has 2 aromatic rings. The highest BCUT2D eigenvalue weighted by atomic mass is 32.2. The van der Waals surface area contributed by atoms with E-state index in [-0.39, 0.29) is 40.7 Å². The van der Waals surface area contributed by atoms with Crippen molar-refractivity contribution < 1.29 is 32.3 Å². The summed E-state index contributed by atoms with van der Waals surface area (Å²) in [6.45, 7) is 3.24. The predicted octanol–water partition coefficient (Wildman–Crippen LogP) is 2.30. The van der Waals surface area contributed by atoms with Crippen LogP contribution >= 0.6 is 11.3 Å². The number of ether oxygens (including phenoxy) is 2. The summed E-state index contributed by atoms with van der Waals surface area (Å²) in [4.78, 5) is 36.6. The highest BCUT2D eigenvalue weighted by Gasteiger charge is 2.26. The van der Waals surface area contributed by atoms with Crippen molar-refractivity contribution in [3.63, 3.8) is 0 Å². The molecule has 2 heterocycles. The van der Waals surface area contributed by atoms with Gasteiger partial charge in [0.15, 0.2) is 0 Å². The molecule has 1 aliphatic heterocycles. The Labute approximate surface area is 189 Å². The van der Waals surface area contributed by atoms with Crippen molar-refractivity contribution >= 4 is 44.3 Å². The van der Waals surface area contributed by atoms with Crippen molar-refractivity contribution in [2.45, 2.75) is 18.2 Å². The summed E-state index contributed by atoms with van der Waals surface area (Å²) in [7, 11) is -3.66. The highest BCUT2D eigenvalue weighted by Crippen LogP contribution is 2.24. The maximum absolute atomic E-state index is 12.7. The number of alkyl carbamates (subject to hydrolysis) is 1. The average molecular weight is 482 g/mol. The van der Waals surface area contributed by atoms with Crippen LogP contribution in [0.4, 0.5) is 9.80 Å². The van der Waals surface area contributed by atoms with E-state index in [1.807, 2.05) is 6.92 Å². The first kappa shape index (κ1) is 23.9. The molecule has 1 saturated heterocycles. The van der Waals surface area contributed by atoms with Gasteiger partial charge in [-0.25, -0.2) is 13.2 Å². The summed E-state index contributed by atoms with van der Waals surface area (Å²) in [5, 5.41) is 6.56. The number of nitrogens with zero attached hydrogens (tertiary/aromatic N) is 1. The Kier molecular flexibility index (Phi) is 7.96. The van der Waals surface area contributed by atoms with E-state index in [0.717, 1.165) is 11.3 Å². The number of carbonyl (C=O) groups excluding carboxylic acids is 3. The Hall–Kier alpha value is -2.80. The van der Waals surface area contributed by atoms with Gasteiger partial charge in [-0.2, -0.15) is 4.31 Å². The zero-order valence-electron chi connectivity index (χ0n) is 17.3. The smallest absolute Gasteiger partial charge is 0.414 e. The van der Waals surface area contributed by atoms with Gasteiger partial charge in [0.2, 0.25) is 10.0 Å². The number of morpholine rings is 1. The van der Waals surface area contributed by atoms with E-state index in [9.17, 15) is 22.8 Å². The Bertz CT molecular complexity index is 1070. The van der Waals surface area contributed by atoms with Crippen molar-refractivity contribution in [1.82, 2.24) is 9.62 Å². The average Bonchev–Trinajstić information content (AvgIpc) is 3.26. The molecule has 0 bridgehead atoms. The van der Waals surface area contributed by atoms with Gasteiger partial charge in [-0.1, -0.05) is 6.92 Å². The lowest BCUT2D eigenvalue weighted by atomic mass is 10.2. The second-order valence-electron chi connectivity index (χ2n) is 6.75. The molecule has 0 saturated carbocycles. The molecule has 1 aromatic carbocycles. The maximum atomic E-state index is 12.7. The fraction of sp³-hybridized carbons (Fsp3) is 0.350. The lowest BCUT2D eigenvalue weighted by Gasteiger charge is -2.26.